The lowest BCUT2D eigenvalue weighted by molar-refractivity contribution is 0.294. The predicted octanol–water partition coefficient (Wildman–Crippen LogP) is 6.46. The minimum absolute atomic E-state index is 0.203. The van der Waals surface area contributed by atoms with E-state index in [4.69, 9.17) is 11.6 Å². The summed E-state index contributed by atoms with van der Waals surface area (Å²) >= 11 is 6.10. The molecule has 0 N–H and O–H groups in total. The zero-order valence-electron chi connectivity index (χ0n) is 15.9. The molecule has 27 heavy (non-hydrogen) atoms. The fourth-order valence-electron chi connectivity index (χ4n) is 4.83. The van der Waals surface area contributed by atoms with Gasteiger partial charge in [-0.15, -0.1) is 0 Å². The molecule has 4 rings (SSSR count). The molecule has 0 bridgehead atoms. The van der Waals surface area contributed by atoms with E-state index in [1.807, 2.05) is 30.3 Å². The van der Waals surface area contributed by atoms with Crippen LogP contribution < -0.4 is 0 Å². The lowest BCUT2D eigenvalue weighted by Crippen LogP contribution is -2.35. The maximum Gasteiger partial charge on any atom is 0.128 e. The van der Waals surface area contributed by atoms with Gasteiger partial charge in [-0.05, 0) is 61.4 Å². The van der Waals surface area contributed by atoms with Crippen molar-refractivity contribution in [1.82, 2.24) is 4.31 Å². The van der Waals surface area contributed by atoms with Gasteiger partial charge in [0.05, 0.1) is 4.90 Å². The van der Waals surface area contributed by atoms with Gasteiger partial charge >= 0.3 is 0 Å². The molecule has 1 aliphatic heterocycles. The number of hydrogen-bond acceptors (Lipinski definition) is 1. The molecule has 0 spiro atoms. The summed E-state index contributed by atoms with van der Waals surface area (Å²) in [7, 11) is -1.14. The minimum atomic E-state index is -1.14. The van der Waals surface area contributed by atoms with Crippen LogP contribution in [-0.4, -0.2) is 14.6 Å². The van der Waals surface area contributed by atoms with E-state index in [9.17, 15) is 4.21 Å². The number of aryl methyl sites for hydroxylation is 1. The summed E-state index contributed by atoms with van der Waals surface area (Å²) in [6, 6.07) is 16.8. The number of benzene rings is 2. The third-order valence-corrected chi connectivity index (χ3v) is 8.27. The molecule has 4 heteroatoms. The van der Waals surface area contributed by atoms with Crippen molar-refractivity contribution in [3.8, 4) is 0 Å². The molecule has 2 aromatic rings. The van der Waals surface area contributed by atoms with Gasteiger partial charge in [-0.2, -0.15) is 0 Å². The van der Waals surface area contributed by atoms with Crippen molar-refractivity contribution >= 4 is 22.6 Å². The highest BCUT2D eigenvalue weighted by molar-refractivity contribution is 7.82. The molecular formula is C23H28ClNOS. The third-order valence-electron chi connectivity index (χ3n) is 6.25. The summed E-state index contributed by atoms with van der Waals surface area (Å²) in [5.74, 6) is 0.801. The number of halogens is 1. The molecule has 0 radical (unpaired) electrons. The van der Waals surface area contributed by atoms with Crippen molar-refractivity contribution in [2.75, 3.05) is 0 Å². The van der Waals surface area contributed by atoms with Crippen molar-refractivity contribution in [2.24, 2.45) is 5.92 Å². The molecule has 2 nitrogen and oxygen atoms in total. The third kappa shape index (κ3) is 4.16. The van der Waals surface area contributed by atoms with E-state index in [2.05, 4.69) is 29.4 Å². The smallest absolute Gasteiger partial charge is 0.128 e. The maximum atomic E-state index is 13.7. The van der Waals surface area contributed by atoms with Crippen molar-refractivity contribution < 1.29 is 4.21 Å². The zero-order valence-corrected chi connectivity index (χ0v) is 17.5. The number of rotatable bonds is 5. The molecule has 2 fully saturated rings. The Balaban J connectivity index is 1.65. The molecule has 3 atom stereocenters. The molecule has 1 saturated carbocycles. The zero-order chi connectivity index (χ0) is 18.8. The number of hydrogen-bond donors (Lipinski definition) is 0. The summed E-state index contributed by atoms with van der Waals surface area (Å²) in [6.07, 6.45) is 8.78. The van der Waals surface area contributed by atoms with Crippen LogP contribution in [0.1, 0.15) is 62.1 Å². The van der Waals surface area contributed by atoms with Crippen molar-refractivity contribution in [1.29, 1.82) is 0 Å². The van der Waals surface area contributed by atoms with Gasteiger partial charge in [-0.25, -0.2) is 8.51 Å². The molecule has 0 aromatic heterocycles. The van der Waals surface area contributed by atoms with Crippen LogP contribution in [0.2, 0.25) is 5.02 Å². The largest absolute Gasteiger partial charge is 0.237 e. The van der Waals surface area contributed by atoms with E-state index < -0.39 is 11.0 Å². The molecule has 2 aromatic carbocycles. The van der Waals surface area contributed by atoms with Crippen LogP contribution in [0, 0.1) is 12.8 Å². The second kappa shape index (κ2) is 8.46. The first-order chi connectivity index (χ1) is 13.1. The summed E-state index contributed by atoms with van der Waals surface area (Å²) < 4.78 is 16.0. The fraction of sp³-hybridized carbons (Fsp3) is 0.478. The number of nitrogens with zero attached hydrogens (tertiary/aromatic N) is 1. The van der Waals surface area contributed by atoms with Crippen LogP contribution in [0.3, 0.4) is 0 Å². The highest BCUT2D eigenvalue weighted by Gasteiger charge is 2.40. The van der Waals surface area contributed by atoms with Crippen molar-refractivity contribution in [3.63, 3.8) is 0 Å². The van der Waals surface area contributed by atoms with Crippen LogP contribution in [0.4, 0.5) is 0 Å². The Morgan fingerprint density at radius 2 is 1.70 bits per heavy atom. The summed E-state index contributed by atoms with van der Waals surface area (Å²) in [6.45, 7) is 2.06. The topological polar surface area (TPSA) is 20.3 Å². The average molecular weight is 402 g/mol. The Kier molecular flexibility index (Phi) is 6.01. The van der Waals surface area contributed by atoms with Crippen LogP contribution in [0.25, 0.3) is 0 Å². The highest BCUT2D eigenvalue weighted by atomic mass is 35.5. The van der Waals surface area contributed by atoms with Gasteiger partial charge < -0.3 is 0 Å². The van der Waals surface area contributed by atoms with Crippen LogP contribution in [-0.2, 0) is 11.0 Å². The first kappa shape index (κ1) is 19.2. The quantitative estimate of drug-likeness (QED) is 0.563. The summed E-state index contributed by atoms with van der Waals surface area (Å²) in [5.41, 5.74) is 2.34. The van der Waals surface area contributed by atoms with Gasteiger partial charge in [-0.1, -0.05) is 67.6 Å². The average Bonchev–Trinajstić information content (AvgIpc) is 3.33. The van der Waals surface area contributed by atoms with Crippen molar-refractivity contribution in [3.05, 3.63) is 64.7 Å². The lowest BCUT2D eigenvalue weighted by atomic mass is 9.97. The Labute approximate surface area is 170 Å². The van der Waals surface area contributed by atoms with E-state index in [0.29, 0.717) is 6.04 Å². The summed E-state index contributed by atoms with van der Waals surface area (Å²) in [4.78, 5) is 0.954. The minimum Gasteiger partial charge on any atom is -0.237 e. The molecule has 144 valence electrons. The molecule has 1 unspecified atom stereocenters. The second-order valence-corrected chi connectivity index (χ2v) is 9.86. The van der Waals surface area contributed by atoms with Gasteiger partial charge in [-0.3, -0.25) is 0 Å². The van der Waals surface area contributed by atoms with Crippen LogP contribution >= 0.6 is 11.6 Å². The predicted molar refractivity (Wildman–Crippen MR) is 113 cm³/mol. The molecule has 1 saturated heterocycles. The van der Waals surface area contributed by atoms with E-state index in [-0.39, 0.29) is 6.04 Å². The first-order valence-corrected chi connectivity index (χ1v) is 11.6. The van der Waals surface area contributed by atoms with Gasteiger partial charge in [0, 0.05) is 17.1 Å². The van der Waals surface area contributed by atoms with Crippen LogP contribution in [0.15, 0.2) is 53.4 Å². The van der Waals surface area contributed by atoms with E-state index in [1.165, 1.54) is 37.7 Å². The van der Waals surface area contributed by atoms with Crippen LogP contribution in [0.5, 0.6) is 0 Å². The summed E-state index contributed by atoms with van der Waals surface area (Å²) in [5, 5.41) is 0.755. The maximum absolute atomic E-state index is 13.7. The monoisotopic (exact) mass is 401 g/mol. The van der Waals surface area contributed by atoms with Gasteiger partial charge in [0.1, 0.15) is 11.0 Å². The molecule has 1 aliphatic carbocycles. The molecule has 0 amide bonds. The van der Waals surface area contributed by atoms with E-state index in [0.717, 1.165) is 34.2 Å². The lowest BCUT2D eigenvalue weighted by Gasteiger charge is -2.31. The standard InChI is InChI=1S/C23H28ClNOS/c1-17-6-2-5-9-23(17)27(26)25-21(16-18-7-3-4-8-18)14-15-22(25)19-10-12-20(24)13-11-19/h2,5-6,9-13,18,21-22H,3-4,7-8,14-16H2,1H3/t21-,22+,27?/m0/s1. The SMILES string of the molecule is Cc1ccccc1S(=O)N1[C@H](CC2CCCC2)CC[C@@H]1c1ccc(Cl)cc1. The normalized spacial score (nSPS) is 25.1. The Bertz CT molecular complexity index is 800. The van der Waals surface area contributed by atoms with Gasteiger partial charge in [0.15, 0.2) is 0 Å². The molecule has 1 heterocycles. The van der Waals surface area contributed by atoms with E-state index in [1.54, 1.807) is 0 Å². The Morgan fingerprint density at radius 1 is 1.00 bits per heavy atom. The Hall–Kier alpha value is -1.16. The fourth-order valence-corrected chi connectivity index (χ4v) is 6.64. The van der Waals surface area contributed by atoms with Gasteiger partial charge in [0.2, 0.25) is 0 Å². The first-order valence-electron chi connectivity index (χ1n) is 10.1. The van der Waals surface area contributed by atoms with Crippen molar-refractivity contribution in [2.45, 2.75) is 68.8 Å². The second-order valence-electron chi connectivity index (χ2n) is 8.06. The van der Waals surface area contributed by atoms with E-state index >= 15 is 0 Å². The molecular weight excluding hydrogens is 374 g/mol. The molecule has 2 aliphatic rings. The van der Waals surface area contributed by atoms with Gasteiger partial charge in [0.25, 0.3) is 0 Å². The Morgan fingerprint density at radius 3 is 2.41 bits per heavy atom. The highest BCUT2D eigenvalue weighted by Crippen LogP contribution is 2.43.